The molecule has 3 rings (SSSR count). The molecule has 192 valence electrons. The summed E-state index contributed by atoms with van der Waals surface area (Å²) in [7, 11) is 0. The molecule has 11 nitrogen and oxygen atoms in total. The van der Waals surface area contributed by atoms with Crippen LogP contribution in [-0.4, -0.2) is 30.0 Å². The van der Waals surface area contributed by atoms with Crippen LogP contribution in [0.1, 0.15) is 34.3 Å². The van der Waals surface area contributed by atoms with Gasteiger partial charge < -0.3 is 10.1 Å². The highest BCUT2D eigenvalue weighted by Gasteiger charge is 2.13. The van der Waals surface area contributed by atoms with Crippen LogP contribution in [-0.2, 0) is 0 Å². The maximum Gasteiger partial charge on any atom is 0.271 e. The third-order valence-corrected chi connectivity index (χ3v) is 5.48. The molecule has 0 bridgehead atoms. The Balaban J connectivity index is 1.94. The quantitative estimate of drug-likeness (QED) is 0.162. The van der Waals surface area contributed by atoms with Gasteiger partial charge in [0.1, 0.15) is 0 Å². The largest absolute Gasteiger partial charge is 0.595 e. The summed E-state index contributed by atoms with van der Waals surface area (Å²) in [5, 5.41) is 49.8. The van der Waals surface area contributed by atoms with E-state index >= 15 is 0 Å². The normalized spacial score (nSPS) is 12.0. The molecule has 0 saturated carbocycles. The van der Waals surface area contributed by atoms with E-state index in [1.807, 2.05) is 24.0 Å². The van der Waals surface area contributed by atoms with Crippen LogP contribution in [0.3, 0.4) is 0 Å². The second kappa shape index (κ2) is 14.0. The van der Waals surface area contributed by atoms with Gasteiger partial charge in [-0.3, -0.25) is 4.79 Å². The Labute approximate surface area is 220 Å². The first-order valence-corrected chi connectivity index (χ1v) is 11.7. The minimum atomic E-state index is -1.05. The molecular weight excluding hydrogens is 484 g/mol. The minimum Gasteiger partial charge on any atom is -0.595 e. The number of anilines is 1. The topological polar surface area (TPSA) is 165 Å². The molecule has 1 atom stereocenters. The Morgan fingerprint density at radius 2 is 1.68 bits per heavy atom. The van der Waals surface area contributed by atoms with E-state index in [-0.39, 0.29) is 11.5 Å². The van der Waals surface area contributed by atoms with Crippen molar-refractivity contribution in [1.82, 2.24) is 5.43 Å². The fourth-order valence-electron chi connectivity index (χ4n) is 3.51. The average molecular weight is 511 g/mol. The predicted octanol–water partition coefficient (Wildman–Crippen LogP) is 3.91. The van der Waals surface area contributed by atoms with Gasteiger partial charge in [0.25, 0.3) is 5.91 Å². The van der Waals surface area contributed by atoms with E-state index in [1.165, 1.54) is 24.3 Å². The second-order valence-corrected chi connectivity index (χ2v) is 8.10. The van der Waals surface area contributed by atoms with E-state index in [9.17, 15) is 10.0 Å². The smallest absolute Gasteiger partial charge is 0.271 e. The Kier molecular flexibility index (Phi) is 10.2. The van der Waals surface area contributed by atoms with E-state index in [0.29, 0.717) is 42.7 Å². The number of hydrogen-bond acceptors (Lipinski definition) is 8. The monoisotopic (exact) mass is 510 g/mol. The molecular formula is C27H26N8O3. The van der Waals surface area contributed by atoms with Gasteiger partial charge >= 0.3 is 0 Å². The standard InChI is InChI=1S/C27H26N8O3/c1-20-19-24(34(17-5-15-28)18-6-16-29)13-14-25(20)26(32-33-27(36)21-7-3-2-4-8-21)31-30-22-9-11-23(12-10-22)35(37)38/h2-4,7-14,19,35,37H,5-6,17-18H2,1H3,(H,33,36)/b31-30?,32-26-. The van der Waals surface area contributed by atoms with Crippen LogP contribution in [0.15, 0.2) is 88.1 Å². The van der Waals surface area contributed by atoms with E-state index in [1.54, 1.807) is 36.4 Å². The summed E-state index contributed by atoms with van der Waals surface area (Å²) in [5.74, 6) is -0.279. The van der Waals surface area contributed by atoms with Crippen molar-refractivity contribution in [2.75, 3.05) is 18.0 Å². The number of azo groups is 1. The molecule has 3 aromatic rings. The van der Waals surface area contributed by atoms with Crippen molar-refractivity contribution in [3.05, 3.63) is 94.7 Å². The zero-order valence-electron chi connectivity index (χ0n) is 20.7. The number of nitrogens with zero attached hydrogens (tertiary/aromatic N) is 6. The van der Waals surface area contributed by atoms with Crippen molar-refractivity contribution in [3.63, 3.8) is 0 Å². The number of quaternary nitrogens is 1. The van der Waals surface area contributed by atoms with Gasteiger partial charge in [-0.1, -0.05) is 18.2 Å². The molecule has 0 spiro atoms. The number of amidine groups is 1. The molecule has 0 radical (unpaired) electrons. The van der Waals surface area contributed by atoms with E-state index in [0.717, 1.165) is 11.3 Å². The third kappa shape index (κ3) is 7.78. The second-order valence-electron chi connectivity index (χ2n) is 8.10. The van der Waals surface area contributed by atoms with Crippen molar-refractivity contribution in [2.45, 2.75) is 19.8 Å². The van der Waals surface area contributed by atoms with Crippen LogP contribution in [0.2, 0.25) is 0 Å². The fraction of sp³-hybridized carbons (Fsp3) is 0.185. The number of rotatable bonds is 10. The highest BCUT2D eigenvalue weighted by molar-refractivity contribution is 6.02. The van der Waals surface area contributed by atoms with Gasteiger partial charge in [0, 0.05) is 42.0 Å². The average Bonchev–Trinajstić information content (AvgIpc) is 2.94. The van der Waals surface area contributed by atoms with Gasteiger partial charge in [-0.2, -0.15) is 15.8 Å². The molecule has 0 saturated heterocycles. The molecule has 0 aliphatic carbocycles. The van der Waals surface area contributed by atoms with E-state index in [4.69, 9.17) is 15.7 Å². The van der Waals surface area contributed by atoms with Crippen LogP contribution < -0.4 is 15.6 Å². The molecule has 0 aliphatic heterocycles. The number of hydrogen-bond donors (Lipinski definition) is 3. The van der Waals surface area contributed by atoms with E-state index < -0.39 is 11.1 Å². The number of aryl methyl sites for hydroxylation is 1. The Hall–Kier alpha value is -4.94. The lowest BCUT2D eigenvalue weighted by molar-refractivity contribution is -0.991. The molecule has 3 N–H and O–H groups in total. The summed E-state index contributed by atoms with van der Waals surface area (Å²) in [6.45, 7) is 2.82. The predicted molar refractivity (Wildman–Crippen MR) is 141 cm³/mol. The van der Waals surface area contributed by atoms with Gasteiger partial charge in [-0.15, -0.1) is 15.3 Å². The maximum absolute atomic E-state index is 12.6. The zero-order valence-corrected chi connectivity index (χ0v) is 20.7. The van der Waals surface area contributed by atoms with Crippen LogP contribution in [0.5, 0.6) is 0 Å². The third-order valence-electron chi connectivity index (χ3n) is 5.48. The van der Waals surface area contributed by atoms with Gasteiger partial charge in [0.2, 0.25) is 5.84 Å². The lowest BCUT2D eigenvalue weighted by atomic mass is 10.1. The molecule has 0 aromatic heterocycles. The number of carbonyl (C=O) groups excluding carboxylic acids is 1. The van der Waals surface area contributed by atoms with Gasteiger partial charge in [0.15, 0.2) is 5.69 Å². The number of nitriles is 2. The lowest BCUT2D eigenvalue weighted by Gasteiger charge is -2.23. The van der Waals surface area contributed by atoms with Crippen molar-refractivity contribution >= 4 is 28.8 Å². The molecule has 11 heteroatoms. The number of amides is 1. The molecule has 1 amide bonds. The van der Waals surface area contributed by atoms with Gasteiger partial charge in [-0.05, 0) is 55.0 Å². The van der Waals surface area contributed by atoms with E-state index in [2.05, 4.69) is 32.9 Å². The fourth-order valence-corrected chi connectivity index (χ4v) is 3.51. The van der Waals surface area contributed by atoms with Crippen molar-refractivity contribution in [1.29, 1.82) is 10.5 Å². The summed E-state index contributed by atoms with van der Waals surface area (Å²) in [6.07, 6.45) is 0.638. The van der Waals surface area contributed by atoms with Crippen molar-refractivity contribution < 1.29 is 15.2 Å². The van der Waals surface area contributed by atoms with Gasteiger partial charge in [-0.25, -0.2) is 10.6 Å². The highest BCUT2D eigenvalue weighted by Crippen LogP contribution is 2.22. The minimum absolute atomic E-state index is 0.122. The summed E-state index contributed by atoms with van der Waals surface area (Å²) in [5.41, 5.74) is 5.70. The van der Waals surface area contributed by atoms with Crippen LogP contribution in [0.25, 0.3) is 0 Å². The molecule has 0 fully saturated rings. The summed E-state index contributed by atoms with van der Waals surface area (Å²) in [6, 6.07) is 24.3. The molecule has 1 unspecified atom stereocenters. The first-order valence-electron chi connectivity index (χ1n) is 11.7. The van der Waals surface area contributed by atoms with Crippen molar-refractivity contribution in [3.8, 4) is 12.1 Å². The SMILES string of the molecule is Cc1cc(N(CCC#N)CCC#N)ccc1/C(N=Nc1ccc([NH+]([O-])O)cc1)=N/NC(=O)c1ccccc1. The highest BCUT2D eigenvalue weighted by atomic mass is 16.8. The first kappa shape index (κ1) is 27.6. The Morgan fingerprint density at radius 3 is 2.26 bits per heavy atom. The number of benzene rings is 3. The Morgan fingerprint density at radius 1 is 1.03 bits per heavy atom. The number of hydrazone groups is 1. The molecule has 0 aliphatic rings. The van der Waals surface area contributed by atoms with Crippen LogP contribution >= 0.6 is 0 Å². The number of nitrogens with one attached hydrogen (secondary N) is 2. The van der Waals surface area contributed by atoms with Gasteiger partial charge in [0.05, 0.1) is 30.7 Å². The summed E-state index contributed by atoms with van der Waals surface area (Å²) < 4.78 is 0. The summed E-state index contributed by atoms with van der Waals surface area (Å²) >= 11 is 0. The number of carbonyl (C=O) groups is 1. The molecule has 38 heavy (non-hydrogen) atoms. The van der Waals surface area contributed by atoms with Crippen LogP contribution in [0, 0.1) is 34.8 Å². The Bertz CT molecular complexity index is 1360. The first-order chi connectivity index (χ1) is 18.4. The maximum atomic E-state index is 12.6. The van der Waals surface area contributed by atoms with Crippen LogP contribution in [0.4, 0.5) is 17.1 Å². The lowest BCUT2D eigenvalue weighted by Crippen LogP contribution is -2.99. The molecule has 3 aromatic carbocycles. The van der Waals surface area contributed by atoms with Crippen molar-refractivity contribution in [2.24, 2.45) is 15.3 Å². The molecule has 0 heterocycles. The zero-order chi connectivity index (χ0) is 27.3. The summed E-state index contributed by atoms with van der Waals surface area (Å²) in [4.78, 5) is 14.5.